The van der Waals surface area contributed by atoms with E-state index in [2.05, 4.69) is 24.5 Å². The Morgan fingerprint density at radius 2 is 1.81 bits per heavy atom. The standard InChI is InChI=1S/C20H30N2O3.ClH/c1-3-11-24-17-6-5-15(13-18(17)25-12-4-2)22-19(23)16-14-20(16)7-9-21-10-8-20;/h5-6,13,16,21H,3-4,7-12,14H2,1-2H3,(H,22,23);1H. The number of amides is 1. The Kier molecular flexibility index (Phi) is 7.59. The molecule has 6 heteroatoms. The van der Waals surface area contributed by atoms with E-state index in [0.29, 0.717) is 19.0 Å². The fourth-order valence-electron chi connectivity index (χ4n) is 3.67. The lowest BCUT2D eigenvalue weighted by Crippen LogP contribution is -2.31. The Balaban J connectivity index is 0.00000243. The molecule has 2 aliphatic rings. The van der Waals surface area contributed by atoms with Gasteiger partial charge in [-0.05, 0) is 62.7 Å². The fraction of sp³-hybridized carbons (Fsp3) is 0.650. The maximum absolute atomic E-state index is 12.6. The number of rotatable bonds is 8. The molecule has 5 nitrogen and oxygen atoms in total. The van der Waals surface area contributed by atoms with Crippen LogP contribution in [0.4, 0.5) is 5.69 Å². The number of anilines is 1. The van der Waals surface area contributed by atoms with E-state index in [9.17, 15) is 4.79 Å². The van der Waals surface area contributed by atoms with Gasteiger partial charge in [0.05, 0.1) is 13.2 Å². The third kappa shape index (κ3) is 4.83. The van der Waals surface area contributed by atoms with Gasteiger partial charge in [-0.3, -0.25) is 4.79 Å². The van der Waals surface area contributed by atoms with Crippen LogP contribution in [-0.4, -0.2) is 32.2 Å². The van der Waals surface area contributed by atoms with E-state index in [1.165, 1.54) is 0 Å². The number of carbonyl (C=O) groups is 1. The van der Waals surface area contributed by atoms with Gasteiger partial charge in [0.1, 0.15) is 0 Å². The molecule has 1 aliphatic carbocycles. The highest BCUT2D eigenvalue weighted by Crippen LogP contribution is 2.58. The molecule has 0 radical (unpaired) electrons. The summed E-state index contributed by atoms with van der Waals surface area (Å²) < 4.78 is 11.6. The summed E-state index contributed by atoms with van der Waals surface area (Å²) >= 11 is 0. The van der Waals surface area contributed by atoms with Crippen LogP contribution in [0.2, 0.25) is 0 Å². The highest BCUT2D eigenvalue weighted by atomic mass is 35.5. The van der Waals surface area contributed by atoms with Crippen LogP contribution in [0.3, 0.4) is 0 Å². The monoisotopic (exact) mass is 382 g/mol. The van der Waals surface area contributed by atoms with Gasteiger partial charge in [-0.1, -0.05) is 13.8 Å². The number of hydrogen-bond acceptors (Lipinski definition) is 4. The van der Waals surface area contributed by atoms with Crippen LogP contribution in [0.15, 0.2) is 18.2 Å². The van der Waals surface area contributed by atoms with Crippen LogP contribution in [0.25, 0.3) is 0 Å². The van der Waals surface area contributed by atoms with E-state index in [1.54, 1.807) is 0 Å². The fourth-order valence-corrected chi connectivity index (χ4v) is 3.67. The molecule has 1 amide bonds. The van der Waals surface area contributed by atoms with Crippen LogP contribution in [-0.2, 0) is 4.79 Å². The van der Waals surface area contributed by atoms with Crippen LogP contribution >= 0.6 is 12.4 Å². The van der Waals surface area contributed by atoms with Crippen molar-refractivity contribution >= 4 is 24.0 Å². The van der Waals surface area contributed by atoms with E-state index in [1.807, 2.05) is 18.2 Å². The van der Waals surface area contributed by atoms with Gasteiger partial charge in [-0.25, -0.2) is 0 Å². The molecule has 26 heavy (non-hydrogen) atoms. The van der Waals surface area contributed by atoms with Gasteiger partial charge in [0.2, 0.25) is 5.91 Å². The van der Waals surface area contributed by atoms with Gasteiger partial charge in [0.15, 0.2) is 11.5 Å². The molecule has 2 fully saturated rings. The van der Waals surface area contributed by atoms with Crippen molar-refractivity contribution in [2.45, 2.75) is 46.0 Å². The summed E-state index contributed by atoms with van der Waals surface area (Å²) in [5.74, 6) is 1.76. The normalized spacial score (nSPS) is 20.2. The first-order valence-corrected chi connectivity index (χ1v) is 9.60. The zero-order valence-electron chi connectivity index (χ0n) is 15.8. The first-order valence-electron chi connectivity index (χ1n) is 9.60. The van der Waals surface area contributed by atoms with Crippen molar-refractivity contribution in [2.75, 3.05) is 31.6 Å². The van der Waals surface area contributed by atoms with Crippen LogP contribution in [0.5, 0.6) is 11.5 Å². The molecule has 1 heterocycles. The molecule has 1 aromatic rings. The van der Waals surface area contributed by atoms with E-state index >= 15 is 0 Å². The number of halogens is 1. The van der Waals surface area contributed by atoms with E-state index in [-0.39, 0.29) is 29.6 Å². The number of benzene rings is 1. The zero-order chi connectivity index (χ0) is 17.7. The maximum Gasteiger partial charge on any atom is 0.228 e. The molecule has 1 aromatic carbocycles. The molecule has 1 saturated carbocycles. The van der Waals surface area contributed by atoms with Gasteiger partial charge in [0.25, 0.3) is 0 Å². The third-order valence-corrected chi connectivity index (χ3v) is 5.24. The SMILES string of the molecule is CCCOc1ccc(NC(=O)C2CC23CCNCC3)cc1OCCC.Cl. The molecule has 1 aliphatic heterocycles. The average Bonchev–Trinajstić information content (AvgIpc) is 3.32. The topological polar surface area (TPSA) is 59.6 Å². The van der Waals surface area contributed by atoms with Crippen molar-refractivity contribution in [2.24, 2.45) is 11.3 Å². The minimum absolute atomic E-state index is 0. The molecule has 0 aromatic heterocycles. The van der Waals surface area contributed by atoms with Gasteiger partial charge < -0.3 is 20.1 Å². The largest absolute Gasteiger partial charge is 0.490 e. The molecule has 1 spiro atoms. The van der Waals surface area contributed by atoms with Crippen molar-refractivity contribution in [1.29, 1.82) is 0 Å². The van der Waals surface area contributed by atoms with Gasteiger partial charge in [0, 0.05) is 17.7 Å². The van der Waals surface area contributed by atoms with Crippen molar-refractivity contribution in [3.63, 3.8) is 0 Å². The van der Waals surface area contributed by atoms with Gasteiger partial charge in [-0.15, -0.1) is 12.4 Å². The number of hydrogen-bond donors (Lipinski definition) is 2. The van der Waals surface area contributed by atoms with Gasteiger partial charge in [-0.2, -0.15) is 0 Å². The Morgan fingerprint density at radius 1 is 1.15 bits per heavy atom. The summed E-state index contributed by atoms with van der Waals surface area (Å²) in [5, 5.41) is 6.46. The summed E-state index contributed by atoms with van der Waals surface area (Å²) in [6, 6.07) is 5.68. The molecule has 2 N–H and O–H groups in total. The summed E-state index contributed by atoms with van der Waals surface area (Å²) in [6.07, 6.45) is 5.13. The molecule has 1 saturated heterocycles. The average molecular weight is 383 g/mol. The first-order chi connectivity index (χ1) is 12.2. The van der Waals surface area contributed by atoms with Crippen LogP contribution in [0, 0.1) is 11.3 Å². The smallest absolute Gasteiger partial charge is 0.228 e. The Hall–Kier alpha value is -1.46. The van der Waals surface area contributed by atoms with Crippen LogP contribution in [0.1, 0.15) is 46.0 Å². The van der Waals surface area contributed by atoms with E-state index < -0.39 is 0 Å². The second-order valence-electron chi connectivity index (χ2n) is 7.22. The van der Waals surface area contributed by atoms with E-state index in [0.717, 1.165) is 56.6 Å². The third-order valence-electron chi connectivity index (χ3n) is 5.24. The maximum atomic E-state index is 12.6. The number of carbonyl (C=O) groups excluding carboxylic acids is 1. The van der Waals surface area contributed by atoms with E-state index in [4.69, 9.17) is 9.47 Å². The summed E-state index contributed by atoms with van der Waals surface area (Å²) in [5.41, 5.74) is 1.04. The van der Waals surface area contributed by atoms with Gasteiger partial charge >= 0.3 is 0 Å². The van der Waals surface area contributed by atoms with Crippen molar-refractivity contribution in [3.8, 4) is 11.5 Å². The summed E-state index contributed by atoms with van der Waals surface area (Å²) in [6.45, 7) is 7.51. The highest BCUT2D eigenvalue weighted by Gasteiger charge is 2.57. The number of ether oxygens (including phenoxy) is 2. The second kappa shape index (κ2) is 9.47. The predicted octanol–water partition coefficient (Wildman–Crippen LogP) is 4.01. The minimum Gasteiger partial charge on any atom is -0.490 e. The summed E-state index contributed by atoms with van der Waals surface area (Å²) in [7, 11) is 0. The molecule has 1 unspecified atom stereocenters. The van der Waals surface area contributed by atoms with Crippen molar-refractivity contribution < 1.29 is 14.3 Å². The molecule has 146 valence electrons. The van der Waals surface area contributed by atoms with Crippen molar-refractivity contribution in [3.05, 3.63) is 18.2 Å². The first kappa shape index (κ1) is 20.8. The number of piperidine rings is 1. The Labute approximate surface area is 162 Å². The quantitative estimate of drug-likeness (QED) is 0.713. The Morgan fingerprint density at radius 3 is 2.46 bits per heavy atom. The molecule has 0 bridgehead atoms. The lowest BCUT2D eigenvalue weighted by molar-refractivity contribution is -0.118. The highest BCUT2D eigenvalue weighted by molar-refractivity contribution is 5.95. The molecule has 1 atom stereocenters. The molecular formula is C20H31ClN2O3. The van der Waals surface area contributed by atoms with Crippen LogP contribution < -0.4 is 20.1 Å². The second-order valence-corrected chi connectivity index (χ2v) is 7.22. The molecular weight excluding hydrogens is 352 g/mol. The van der Waals surface area contributed by atoms with Crippen molar-refractivity contribution in [1.82, 2.24) is 5.32 Å². The predicted molar refractivity (Wildman–Crippen MR) is 107 cm³/mol. The lowest BCUT2D eigenvalue weighted by atomic mass is 9.92. The Bertz CT molecular complexity index is 603. The lowest BCUT2D eigenvalue weighted by Gasteiger charge is -2.23. The summed E-state index contributed by atoms with van der Waals surface area (Å²) in [4.78, 5) is 12.6. The molecule has 3 rings (SSSR count). The minimum atomic E-state index is 0. The number of nitrogens with one attached hydrogen (secondary N) is 2. The zero-order valence-corrected chi connectivity index (χ0v) is 16.6.